The summed E-state index contributed by atoms with van der Waals surface area (Å²) in [5, 5.41) is 28.4. The number of hydrogen-bond acceptors (Lipinski definition) is 6. The highest BCUT2D eigenvalue weighted by molar-refractivity contribution is 6.13. The lowest BCUT2D eigenvalue weighted by Gasteiger charge is -2.27. The molecule has 17 heavy (non-hydrogen) atoms. The zero-order valence-corrected chi connectivity index (χ0v) is 9.11. The van der Waals surface area contributed by atoms with Gasteiger partial charge in [0, 0.05) is 18.6 Å². The van der Waals surface area contributed by atoms with Crippen LogP contribution in [-0.2, 0) is 14.4 Å². The van der Waals surface area contributed by atoms with Crippen molar-refractivity contribution in [3.05, 3.63) is 12.2 Å². The molecule has 0 saturated heterocycles. The second-order valence-electron chi connectivity index (χ2n) is 3.55. The SMILES string of the molecule is CCC(=O)C(O)C(O)C(O)N1C(=O)C=CC1=O. The predicted octanol–water partition coefficient (Wildman–Crippen LogP) is -2.07. The van der Waals surface area contributed by atoms with E-state index in [1.807, 2.05) is 0 Å². The third-order valence-corrected chi connectivity index (χ3v) is 2.42. The molecule has 1 aliphatic rings. The van der Waals surface area contributed by atoms with Crippen molar-refractivity contribution in [2.45, 2.75) is 31.8 Å². The largest absolute Gasteiger partial charge is 0.385 e. The number of imide groups is 1. The van der Waals surface area contributed by atoms with E-state index in [9.17, 15) is 29.7 Å². The highest BCUT2D eigenvalue weighted by Gasteiger charge is 2.38. The van der Waals surface area contributed by atoms with Crippen LogP contribution in [0.4, 0.5) is 0 Å². The van der Waals surface area contributed by atoms with E-state index in [0.29, 0.717) is 4.90 Å². The molecule has 2 amide bonds. The highest BCUT2D eigenvalue weighted by Crippen LogP contribution is 2.13. The molecule has 0 aromatic carbocycles. The molecule has 1 heterocycles. The van der Waals surface area contributed by atoms with Gasteiger partial charge in [-0.25, -0.2) is 4.90 Å². The summed E-state index contributed by atoms with van der Waals surface area (Å²) in [4.78, 5) is 33.8. The number of Topliss-reactive ketones (excluding diaryl/α,β-unsaturated/α-hetero) is 1. The molecule has 7 nitrogen and oxygen atoms in total. The van der Waals surface area contributed by atoms with E-state index in [2.05, 4.69) is 0 Å². The first kappa shape index (κ1) is 13.5. The molecular formula is C10H13NO6. The zero-order valence-electron chi connectivity index (χ0n) is 9.11. The summed E-state index contributed by atoms with van der Waals surface area (Å²) in [7, 11) is 0. The van der Waals surface area contributed by atoms with Crippen LogP contribution in [0.2, 0.25) is 0 Å². The van der Waals surface area contributed by atoms with Gasteiger partial charge in [-0.05, 0) is 0 Å². The minimum absolute atomic E-state index is 0.0366. The van der Waals surface area contributed by atoms with Crippen molar-refractivity contribution in [2.24, 2.45) is 0 Å². The van der Waals surface area contributed by atoms with Crippen LogP contribution in [0.1, 0.15) is 13.3 Å². The standard InChI is InChI=1S/C10H13NO6/c1-2-5(12)8(15)9(16)10(17)11-6(13)3-4-7(11)14/h3-4,8-10,15-17H,2H2,1H3. The Bertz CT molecular complexity index is 359. The summed E-state index contributed by atoms with van der Waals surface area (Å²) in [5.41, 5.74) is 0. The van der Waals surface area contributed by atoms with Gasteiger partial charge in [0.1, 0.15) is 12.2 Å². The molecule has 1 aliphatic heterocycles. The van der Waals surface area contributed by atoms with Crippen LogP contribution in [-0.4, -0.2) is 56.3 Å². The molecule has 0 bridgehead atoms. The maximum Gasteiger partial charge on any atom is 0.255 e. The van der Waals surface area contributed by atoms with Crippen molar-refractivity contribution in [3.8, 4) is 0 Å². The molecular weight excluding hydrogens is 230 g/mol. The number of nitrogens with zero attached hydrogens (tertiary/aromatic N) is 1. The number of hydrogen-bond donors (Lipinski definition) is 3. The minimum Gasteiger partial charge on any atom is -0.385 e. The minimum atomic E-state index is -1.95. The van der Waals surface area contributed by atoms with Crippen molar-refractivity contribution in [1.82, 2.24) is 4.90 Å². The van der Waals surface area contributed by atoms with E-state index in [4.69, 9.17) is 0 Å². The van der Waals surface area contributed by atoms with Crippen LogP contribution in [0.25, 0.3) is 0 Å². The molecule has 0 aromatic heterocycles. The van der Waals surface area contributed by atoms with Crippen molar-refractivity contribution in [2.75, 3.05) is 0 Å². The van der Waals surface area contributed by atoms with Crippen molar-refractivity contribution in [1.29, 1.82) is 0 Å². The van der Waals surface area contributed by atoms with Crippen LogP contribution in [0.3, 0.4) is 0 Å². The predicted molar refractivity (Wildman–Crippen MR) is 54.3 cm³/mol. The second-order valence-corrected chi connectivity index (χ2v) is 3.55. The zero-order chi connectivity index (χ0) is 13.2. The maximum atomic E-state index is 11.2. The molecule has 1 rings (SSSR count). The molecule has 3 unspecified atom stereocenters. The molecule has 0 saturated carbocycles. The first-order valence-electron chi connectivity index (χ1n) is 5.02. The highest BCUT2D eigenvalue weighted by atomic mass is 16.4. The Hall–Kier alpha value is -1.57. The molecule has 3 N–H and O–H groups in total. The average Bonchev–Trinajstić information content (AvgIpc) is 2.65. The Morgan fingerprint density at radius 2 is 1.71 bits per heavy atom. The Morgan fingerprint density at radius 3 is 2.12 bits per heavy atom. The fraction of sp³-hybridized carbons (Fsp3) is 0.500. The summed E-state index contributed by atoms with van der Waals surface area (Å²) in [5.74, 6) is -2.31. The third-order valence-electron chi connectivity index (χ3n) is 2.42. The monoisotopic (exact) mass is 243 g/mol. The second kappa shape index (κ2) is 5.17. The van der Waals surface area contributed by atoms with Gasteiger partial charge in [0.15, 0.2) is 12.0 Å². The average molecular weight is 243 g/mol. The fourth-order valence-electron chi connectivity index (χ4n) is 1.39. The van der Waals surface area contributed by atoms with E-state index < -0.39 is 36.0 Å². The summed E-state index contributed by atoms with van der Waals surface area (Å²) in [6, 6.07) is 0. The van der Waals surface area contributed by atoms with Gasteiger partial charge >= 0.3 is 0 Å². The van der Waals surface area contributed by atoms with Gasteiger partial charge in [0.2, 0.25) is 0 Å². The van der Waals surface area contributed by atoms with E-state index in [1.54, 1.807) is 0 Å². The van der Waals surface area contributed by atoms with E-state index in [0.717, 1.165) is 12.2 Å². The van der Waals surface area contributed by atoms with Crippen LogP contribution in [0.15, 0.2) is 12.2 Å². The van der Waals surface area contributed by atoms with Gasteiger partial charge in [-0.2, -0.15) is 0 Å². The van der Waals surface area contributed by atoms with Crippen LogP contribution in [0.5, 0.6) is 0 Å². The van der Waals surface area contributed by atoms with Crippen LogP contribution < -0.4 is 0 Å². The first-order chi connectivity index (χ1) is 7.90. The summed E-state index contributed by atoms with van der Waals surface area (Å²) < 4.78 is 0. The molecule has 0 spiro atoms. The first-order valence-corrected chi connectivity index (χ1v) is 5.02. The fourth-order valence-corrected chi connectivity index (χ4v) is 1.39. The van der Waals surface area contributed by atoms with E-state index in [1.165, 1.54) is 6.92 Å². The van der Waals surface area contributed by atoms with Gasteiger partial charge in [0.05, 0.1) is 0 Å². The van der Waals surface area contributed by atoms with Crippen molar-refractivity contribution < 1.29 is 29.7 Å². The maximum absolute atomic E-state index is 11.2. The van der Waals surface area contributed by atoms with Crippen molar-refractivity contribution >= 4 is 17.6 Å². The number of aliphatic hydroxyl groups excluding tert-OH is 3. The van der Waals surface area contributed by atoms with Gasteiger partial charge in [0.25, 0.3) is 11.8 Å². The molecule has 0 aliphatic carbocycles. The lowest BCUT2D eigenvalue weighted by Crippen LogP contribution is -2.53. The van der Waals surface area contributed by atoms with Gasteiger partial charge in [-0.1, -0.05) is 6.92 Å². The Labute approximate surface area is 97.0 Å². The topological polar surface area (TPSA) is 115 Å². The van der Waals surface area contributed by atoms with Crippen LogP contribution >= 0.6 is 0 Å². The molecule has 3 atom stereocenters. The molecule has 94 valence electrons. The number of aliphatic hydroxyl groups is 3. The molecule has 0 fully saturated rings. The van der Waals surface area contributed by atoms with Gasteiger partial charge < -0.3 is 15.3 Å². The molecule has 0 radical (unpaired) electrons. The van der Waals surface area contributed by atoms with Gasteiger partial charge in [-0.15, -0.1) is 0 Å². The lowest BCUT2D eigenvalue weighted by molar-refractivity contribution is -0.167. The number of carbonyl (C=O) groups is 3. The Balaban J connectivity index is 2.76. The normalized spacial score (nSPS) is 20.6. The summed E-state index contributed by atoms with van der Waals surface area (Å²) in [6.45, 7) is 1.47. The number of amides is 2. The number of carbonyl (C=O) groups excluding carboxylic acids is 3. The quantitative estimate of drug-likeness (QED) is 0.478. The number of rotatable bonds is 5. The Kier molecular flexibility index (Phi) is 4.11. The molecule has 7 heteroatoms. The summed E-state index contributed by atoms with van der Waals surface area (Å²) in [6.07, 6.45) is -3.90. The van der Waals surface area contributed by atoms with E-state index in [-0.39, 0.29) is 6.42 Å². The van der Waals surface area contributed by atoms with Crippen molar-refractivity contribution in [3.63, 3.8) is 0 Å². The number of ketones is 1. The molecule has 0 aromatic rings. The van der Waals surface area contributed by atoms with Crippen LogP contribution in [0, 0.1) is 0 Å². The third kappa shape index (κ3) is 2.57. The van der Waals surface area contributed by atoms with E-state index >= 15 is 0 Å². The van der Waals surface area contributed by atoms with Gasteiger partial charge in [-0.3, -0.25) is 14.4 Å². The summed E-state index contributed by atoms with van der Waals surface area (Å²) >= 11 is 0. The lowest BCUT2D eigenvalue weighted by atomic mass is 10.1. The Morgan fingerprint density at radius 1 is 1.24 bits per heavy atom. The smallest absolute Gasteiger partial charge is 0.255 e.